The van der Waals surface area contributed by atoms with E-state index in [1.54, 1.807) is 6.42 Å². The zero-order valence-corrected chi connectivity index (χ0v) is 29.5. The Hall–Kier alpha value is -0.790. The van der Waals surface area contributed by atoms with Crippen LogP contribution in [0.1, 0.15) is 182 Å². The molecule has 0 N–H and O–H groups in total. The van der Waals surface area contributed by atoms with Crippen molar-refractivity contribution in [3.8, 4) is 0 Å². The molecule has 0 bridgehead atoms. The number of carbonyl (C=O) groups is 1. The second-order valence-corrected chi connectivity index (χ2v) is 16.7. The number of ether oxygens (including phenoxy) is 1. The van der Waals surface area contributed by atoms with Crippen molar-refractivity contribution in [2.24, 2.45) is 52.3 Å². The van der Waals surface area contributed by atoms with Crippen molar-refractivity contribution in [1.29, 1.82) is 0 Å². The minimum Gasteiger partial charge on any atom is -0.465 e. The summed E-state index contributed by atoms with van der Waals surface area (Å²) in [6, 6.07) is 0. The molecule has 43 heavy (non-hydrogen) atoms. The Morgan fingerprint density at radius 2 is 1.51 bits per heavy atom. The smallest absolute Gasteiger partial charge is 0.305 e. The molecule has 0 amide bonds. The summed E-state index contributed by atoms with van der Waals surface area (Å²) < 4.78 is 5.69. The van der Waals surface area contributed by atoms with Gasteiger partial charge in [-0.2, -0.15) is 0 Å². The van der Waals surface area contributed by atoms with Crippen LogP contribution in [0, 0.1) is 52.3 Å². The fourth-order valence-electron chi connectivity index (χ4n) is 11.3. The van der Waals surface area contributed by atoms with E-state index < -0.39 is 0 Å². The van der Waals surface area contributed by atoms with Crippen molar-refractivity contribution in [2.75, 3.05) is 6.61 Å². The van der Waals surface area contributed by atoms with E-state index in [0.717, 1.165) is 48.3 Å². The van der Waals surface area contributed by atoms with E-state index in [1.807, 2.05) is 0 Å². The average Bonchev–Trinajstić information content (AvgIpc) is 3.36. The molecule has 0 aromatic rings. The maximum atomic E-state index is 12.3. The minimum absolute atomic E-state index is 0.0238. The Balaban J connectivity index is 1.07. The molecule has 248 valence electrons. The van der Waals surface area contributed by atoms with Crippen LogP contribution < -0.4 is 0 Å². The summed E-state index contributed by atoms with van der Waals surface area (Å²) in [7, 11) is 0. The van der Waals surface area contributed by atoms with Crippen molar-refractivity contribution in [3.05, 3.63) is 12.2 Å². The van der Waals surface area contributed by atoms with Crippen LogP contribution in [0.2, 0.25) is 0 Å². The van der Waals surface area contributed by atoms with E-state index in [4.69, 9.17) is 4.74 Å². The highest BCUT2D eigenvalue weighted by Gasteiger charge is 2.60. The topological polar surface area (TPSA) is 26.3 Å². The monoisotopic (exact) mass is 597 g/mol. The number of unbranched alkanes of at least 4 members (excludes halogenated alkanes) is 7. The van der Waals surface area contributed by atoms with Gasteiger partial charge in [0, 0.05) is 6.42 Å². The maximum absolute atomic E-state index is 12.3. The van der Waals surface area contributed by atoms with Gasteiger partial charge in [0.1, 0.15) is 0 Å². The average molecular weight is 597 g/mol. The third kappa shape index (κ3) is 9.15. The zero-order chi connectivity index (χ0) is 30.7. The number of rotatable bonds is 18. The first-order valence-electron chi connectivity index (χ1n) is 19.6. The quantitative estimate of drug-likeness (QED) is 0.0893. The van der Waals surface area contributed by atoms with Gasteiger partial charge in [0.2, 0.25) is 0 Å². The normalized spacial score (nSPS) is 35.2. The Kier molecular flexibility index (Phi) is 14.0. The van der Waals surface area contributed by atoms with Gasteiger partial charge >= 0.3 is 5.97 Å². The van der Waals surface area contributed by atoms with Crippen LogP contribution in [0.5, 0.6) is 0 Å². The van der Waals surface area contributed by atoms with Gasteiger partial charge in [-0.1, -0.05) is 105 Å². The van der Waals surface area contributed by atoms with Gasteiger partial charge in [-0.25, -0.2) is 0 Å². The number of hydrogen-bond acceptors (Lipinski definition) is 2. The number of hydrogen-bond donors (Lipinski definition) is 0. The highest BCUT2D eigenvalue weighted by atomic mass is 16.5. The third-order valence-electron chi connectivity index (χ3n) is 13.9. The van der Waals surface area contributed by atoms with Crippen molar-refractivity contribution < 1.29 is 9.53 Å². The van der Waals surface area contributed by atoms with Crippen LogP contribution in [-0.2, 0) is 9.53 Å². The van der Waals surface area contributed by atoms with Gasteiger partial charge in [-0.3, -0.25) is 4.79 Å². The predicted molar refractivity (Wildman–Crippen MR) is 184 cm³/mol. The fourth-order valence-corrected chi connectivity index (χ4v) is 11.3. The summed E-state index contributed by atoms with van der Waals surface area (Å²) in [6.45, 7) is 13.2. The van der Waals surface area contributed by atoms with Crippen LogP contribution in [0.3, 0.4) is 0 Å². The molecule has 2 nitrogen and oxygen atoms in total. The molecule has 9 atom stereocenters. The van der Waals surface area contributed by atoms with Gasteiger partial charge in [0.25, 0.3) is 0 Å². The molecular formula is C41H72O2. The highest BCUT2D eigenvalue weighted by molar-refractivity contribution is 5.69. The highest BCUT2D eigenvalue weighted by Crippen LogP contribution is 2.68. The van der Waals surface area contributed by atoms with E-state index in [0.29, 0.717) is 29.8 Å². The molecule has 0 saturated heterocycles. The Bertz CT molecular complexity index is 847. The van der Waals surface area contributed by atoms with E-state index in [2.05, 4.69) is 46.8 Å². The lowest BCUT2D eigenvalue weighted by atomic mass is 9.44. The number of carbonyl (C=O) groups excluding carboxylic acids is 1. The van der Waals surface area contributed by atoms with Gasteiger partial charge in [0.05, 0.1) is 6.61 Å². The lowest BCUT2D eigenvalue weighted by Crippen LogP contribution is -2.53. The lowest BCUT2D eigenvalue weighted by molar-refractivity contribution is -0.145. The molecular weight excluding hydrogens is 524 g/mol. The molecule has 4 aliphatic rings. The zero-order valence-electron chi connectivity index (χ0n) is 29.5. The van der Waals surface area contributed by atoms with Crippen LogP contribution in [0.4, 0.5) is 0 Å². The molecule has 4 aliphatic carbocycles. The number of esters is 1. The summed E-state index contributed by atoms with van der Waals surface area (Å²) >= 11 is 0. The van der Waals surface area contributed by atoms with Gasteiger partial charge < -0.3 is 4.74 Å². The molecule has 0 aliphatic heterocycles. The lowest BCUT2D eigenvalue weighted by Gasteiger charge is -2.61. The van der Waals surface area contributed by atoms with Crippen molar-refractivity contribution in [3.63, 3.8) is 0 Å². The summed E-state index contributed by atoms with van der Waals surface area (Å²) in [5.74, 6) is 6.33. The molecule has 4 fully saturated rings. The van der Waals surface area contributed by atoms with Crippen LogP contribution >= 0.6 is 0 Å². The van der Waals surface area contributed by atoms with Crippen molar-refractivity contribution in [1.82, 2.24) is 0 Å². The standard InChI is InChI=1S/C41H72O2/c1-6-7-8-9-10-11-12-13-14-15-16-23-39(42)43-31-32(2)20-19-21-33(3)36-26-27-37-35-25-24-34-22-17-18-29-40(34,4)38(35)28-30-41(36,37)5/h9-10,32-38H,6-8,11-31H2,1-5H3/b10-9-/t32?,33-,34?,35+,36-,37+,38+,40+,41-/m1/s1. The van der Waals surface area contributed by atoms with E-state index >= 15 is 0 Å². The molecule has 0 spiro atoms. The molecule has 2 unspecified atom stereocenters. The van der Waals surface area contributed by atoms with Crippen molar-refractivity contribution >= 4 is 5.97 Å². The fraction of sp³-hybridized carbons (Fsp3) is 0.927. The first-order valence-corrected chi connectivity index (χ1v) is 19.6. The van der Waals surface area contributed by atoms with E-state index in [-0.39, 0.29) is 5.97 Å². The molecule has 4 saturated carbocycles. The molecule has 2 heteroatoms. The molecule has 0 radical (unpaired) electrons. The Morgan fingerprint density at radius 3 is 2.33 bits per heavy atom. The van der Waals surface area contributed by atoms with E-state index in [9.17, 15) is 4.79 Å². The van der Waals surface area contributed by atoms with E-state index in [1.165, 1.54) is 122 Å². The number of fused-ring (bicyclic) bond motifs is 5. The summed E-state index contributed by atoms with van der Waals surface area (Å²) in [4.78, 5) is 12.3. The second kappa shape index (κ2) is 17.2. The van der Waals surface area contributed by atoms with Crippen LogP contribution in [0.25, 0.3) is 0 Å². The van der Waals surface area contributed by atoms with Gasteiger partial charge in [0.15, 0.2) is 0 Å². The van der Waals surface area contributed by atoms with Crippen LogP contribution in [0.15, 0.2) is 12.2 Å². The largest absolute Gasteiger partial charge is 0.465 e. The summed E-state index contributed by atoms with van der Waals surface area (Å²) in [5.41, 5.74) is 1.25. The summed E-state index contributed by atoms with van der Waals surface area (Å²) in [6.07, 6.45) is 35.2. The summed E-state index contributed by atoms with van der Waals surface area (Å²) in [5, 5.41) is 0. The molecule has 0 aromatic carbocycles. The molecule has 0 aromatic heterocycles. The van der Waals surface area contributed by atoms with Gasteiger partial charge in [-0.05, 0) is 136 Å². The maximum Gasteiger partial charge on any atom is 0.305 e. The predicted octanol–water partition coefficient (Wildman–Crippen LogP) is 12.5. The second-order valence-electron chi connectivity index (χ2n) is 16.7. The first-order chi connectivity index (χ1) is 20.8. The van der Waals surface area contributed by atoms with Gasteiger partial charge in [-0.15, -0.1) is 0 Å². The molecule has 4 rings (SSSR count). The number of allylic oxidation sites excluding steroid dienone is 2. The minimum atomic E-state index is 0.0238. The van der Waals surface area contributed by atoms with Crippen LogP contribution in [-0.4, -0.2) is 12.6 Å². The Morgan fingerprint density at radius 1 is 0.767 bits per heavy atom. The first kappa shape index (κ1) is 35.1. The Labute approximate surface area is 268 Å². The van der Waals surface area contributed by atoms with Crippen molar-refractivity contribution in [2.45, 2.75) is 182 Å². The molecule has 0 heterocycles. The third-order valence-corrected chi connectivity index (χ3v) is 13.9. The SMILES string of the molecule is CCCC/C=C\CCCCCCCC(=O)OCC(C)CCC[C@@H](C)[C@H]1CC[C@H]2[C@@H]3CCC4CCCC[C@]4(C)[C@H]3CC[C@]12C.